The van der Waals surface area contributed by atoms with Gasteiger partial charge in [-0.1, -0.05) is 12.1 Å². The van der Waals surface area contributed by atoms with Crippen LogP contribution in [0.4, 0.5) is 0 Å². The fraction of sp³-hybridized carbons (Fsp3) is 0.263. The van der Waals surface area contributed by atoms with E-state index < -0.39 is 0 Å². The van der Waals surface area contributed by atoms with Crippen molar-refractivity contribution in [2.45, 2.75) is 18.9 Å². The molecule has 0 radical (unpaired) electrons. The van der Waals surface area contributed by atoms with E-state index in [4.69, 9.17) is 4.74 Å². The van der Waals surface area contributed by atoms with Gasteiger partial charge in [-0.2, -0.15) is 4.98 Å². The monoisotopic (exact) mass is 349 g/mol. The van der Waals surface area contributed by atoms with Gasteiger partial charge < -0.3 is 9.72 Å². The van der Waals surface area contributed by atoms with Crippen LogP contribution in [0.3, 0.4) is 0 Å². The second-order valence-corrected chi connectivity index (χ2v) is 6.60. The van der Waals surface area contributed by atoms with Gasteiger partial charge in [0.15, 0.2) is 11.5 Å². The van der Waals surface area contributed by atoms with Crippen molar-refractivity contribution in [1.82, 2.24) is 24.5 Å². The highest BCUT2D eigenvalue weighted by atomic mass is 16.5. The predicted molar refractivity (Wildman–Crippen MR) is 98.4 cm³/mol. The Kier molecular flexibility index (Phi) is 3.28. The first-order valence-electron chi connectivity index (χ1n) is 8.60. The zero-order valence-electron chi connectivity index (χ0n) is 14.2. The normalized spacial score (nSPS) is 19.6. The molecule has 1 fully saturated rings. The van der Waals surface area contributed by atoms with Gasteiger partial charge in [0, 0.05) is 19.6 Å². The van der Waals surface area contributed by atoms with Crippen molar-refractivity contribution in [2.75, 3.05) is 7.11 Å². The van der Waals surface area contributed by atoms with Crippen molar-refractivity contribution < 1.29 is 11.0 Å². The SMILES string of the molecule is COc1nc2cccnc2n1C1CC(C(=O)c2nc3ccccc3[nH]2)C1.[HH]. The highest BCUT2D eigenvalue weighted by molar-refractivity contribution is 5.98. The average Bonchev–Trinajstić information content (AvgIpc) is 3.22. The number of nitrogens with one attached hydrogen (secondary N) is 1. The molecule has 26 heavy (non-hydrogen) atoms. The summed E-state index contributed by atoms with van der Waals surface area (Å²) in [7, 11) is 1.60. The number of ether oxygens (including phenoxy) is 1. The van der Waals surface area contributed by atoms with Crippen LogP contribution in [-0.2, 0) is 0 Å². The maximum absolute atomic E-state index is 12.8. The minimum absolute atomic E-state index is 0. The molecular formula is C19H19N5O2. The quantitative estimate of drug-likeness (QED) is 0.571. The minimum Gasteiger partial charge on any atom is -0.468 e. The zero-order valence-corrected chi connectivity index (χ0v) is 14.2. The number of pyridine rings is 1. The van der Waals surface area contributed by atoms with Crippen molar-refractivity contribution in [3.8, 4) is 6.01 Å². The number of hydrogen-bond donors (Lipinski definition) is 1. The van der Waals surface area contributed by atoms with Crippen molar-refractivity contribution in [3.63, 3.8) is 0 Å². The Labute approximate surface area is 150 Å². The third kappa shape index (κ3) is 2.20. The van der Waals surface area contributed by atoms with E-state index in [0.717, 1.165) is 35.0 Å². The van der Waals surface area contributed by atoms with Crippen LogP contribution in [0, 0.1) is 5.92 Å². The predicted octanol–water partition coefficient (Wildman–Crippen LogP) is 3.40. The number of aromatic amines is 1. The summed E-state index contributed by atoms with van der Waals surface area (Å²) in [6, 6.07) is 12.1. The molecular weight excluding hydrogens is 330 g/mol. The van der Waals surface area contributed by atoms with Crippen LogP contribution in [0.5, 0.6) is 6.01 Å². The summed E-state index contributed by atoms with van der Waals surface area (Å²) in [6.45, 7) is 0. The molecule has 7 nitrogen and oxygen atoms in total. The fourth-order valence-corrected chi connectivity index (χ4v) is 3.66. The third-order valence-electron chi connectivity index (χ3n) is 5.07. The van der Waals surface area contributed by atoms with Crippen LogP contribution in [-0.4, -0.2) is 37.4 Å². The van der Waals surface area contributed by atoms with Crippen LogP contribution in [0.15, 0.2) is 42.6 Å². The Hall–Kier alpha value is -3.22. The number of ketones is 1. The Morgan fingerprint density at radius 3 is 2.81 bits per heavy atom. The van der Waals surface area contributed by atoms with Crippen molar-refractivity contribution in [1.29, 1.82) is 0 Å². The number of nitrogens with zero attached hydrogens (tertiary/aromatic N) is 4. The molecule has 3 heterocycles. The Morgan fingerprint density at radius 2 is 2.00 bits per heavy atom. The maximum Gasteiger partial charge on any atom is 0.298 e. The van der Waals surface area contributed by atoms with E-state index in [0.29, 0.717) is 11.8 Å². The average molecular weight is 349 g/mol. The number of aromatic nitrogens is 5. The summed E-state index contributed by atoms with van der Waals surface area (Å²) in [4.78, 5) is 29.2. The molecule has 5 rings (SSSR count). The van der Waals surface area contributed by atoms with E-state index in [2.05, 4.69) is 19.9 Å². The number of para-hydroxylation sites is 2. The number of H-pyrrole nitrogens is 1. The molecule has 0 amide bonds. The third-order valence-corrected chi connectivity index (χ3v) is 5.07. The van der Waals surface area contributed by atoms with Gasteiger partial charge in [-0.25, -0.2) is 9.97 Å². The van der Waals surface area contributed by atoms with Crippen LogP contribution >= 0.6 is 0 Å². The summed E-state index contributed by atoms with van der Waals surface area (Å²) in [5.41, 5.74) is 3.30. The van der Waals surface area contributed by atoms with Crippen LogP contribution in [0.25, 0.3) is 22.2 Å². The summed E-state index contributed by atoms with van der Waals surface area (Å²) in [5.74, 6) is 0.454. The lowest BCUT2D eigenvalue weighted by molar-refractivity contribution is 0.0769. The molecule has 0 spiro atoms. The van der Waals surface area contributed by atoms with Crippen molar-refractivity contribution in [3.05, 3.63) is 48.4 Å². The first kappa shape index (κ1) is 15.1. The molecule has 1 aliphatic carbocycles. The largest absolute Gasteiger partial charge is 0.468 e. The molecule has 4 aromatic rings. The van der Waals surface area contributed by atoms with Gasteiger partial charge in [0.05, 0.1) is 18.1 Å². The summed E-state index contributed by atoms with van der Waals surface area (Å²) < 4.78 is 7.41. The van der Waals surface area contributed by atoms with E-state index in [1.165, 1.54) is 0 Å². The Bertz CT molecular complexity index is 1100. The van der Waals surface area contributed by atoms with Crippen LogP contribution in [0.2, 0.25) is 0 Å². The van der Waals surface area contributed by atoms with E-state index in [9.17, 15) is 4.79 Å². The summed E-state index contributed by atoms with van der Waals surface area (Å²) >= 11 is 0. The minimum atomic E-state index is -0.0496. The smallest absolute Gasteiger partial charge is 0.298 e. The van der Waals surface area contributed by atoms with Gasteiger partial charge in [0.1, 0.15) is 5.52 Å². The lowest BCUT2D eigenvalue weighted by Gasteiger charge is -2.35. The Balaban J connectivity index is 0.00000180. The molecule has 0 bridgehead atoms. The highest BCUT2D eigenvalue weighted by Gasteiger charge is 2.39. The van der Waals surface area contributed by atoms with Gasteiger partial charge >= 0.3 is 0 Å². The summed E-state index contributed by atoms with van der Waals surface area (Å²) in [5, 5.41) is 0. The molecule has 1 aromatic carbocycles. The zero-order chi connectivity index (χ0) is 17.7. The number of Topliss-reactive ketones (excluding diaryl/α,β-unsaturated/α-hetero) is 1. The van der Waals surface area contributed by atoms with E-state index in [-0.39, 0.29) is 19.2 Å². The molecule has 3 aromatic heterocycles. The summed E-state index contributed by atoms with van der Waals surface area (Å²) in [6.07, 6.45) is 3.21. The molecule has 1 saturated carbocycles. The van der Waals surface area contributed by atoms with E-state index >= 15 is 0 Å². The lowest BCUT2D eigenvalue weighted by atomic mass is 9.77. The topological polar surface area (TPSA) is 85.7 Å². The van der Waals surface area contributed by atoms with Gasteiger partial charge in [-0.3, -0.25) is 9.36 Å². The van der Waals surface area contributed by atoms with Gasteiger partial charge in [-0.05, 0) is 37.1 Å². The number of carbonyl (C=O) groups excluding carboxylic acids is 1. The van der Waals surface area contributed by atoms with Crippen molar-refractivity contribution >= 4 is 28.0 Å². The Morgan fingerprint density at radius 1 is 1.19 bits per heavy atom. The van der Waals surface area contributed by atoms with Gasteiger partial charge in [0.2, 0.25) is 5.78 Å². The fourth-order valence-electron chi connectivity index (χ4n) is 3.66. The highest BCUT2D eigenvalue weighted by Crippen LogP contribution is 2.43. The van der Waals surface area contributed by atoms with Crippen molar-refractivity contribution in [2.24, 2.45) is 5.92 Å². The lowest BCUT2D eigenvalue weighted by Crippen LogP contribution is -2.33. The number of hydrogen-bond acceptors (Lipinski definition) is 5. The van der Waals surface area contributed by atoms with E-state index in [1.807, 2.05) is 41.0 Å². The number of fused-ring (bicyclic) bond motifs is 2. The number of imidazole rings is 2. The van der Waals surface area contributed by atoms with Crippen LogP contribution < -0.4 is 4.74 Å². The first-order valence-corrected chi connectivity index (χ1v) is 8.60. The number of methoxy groups -OCH3 is 1. The second kappa shape index (κ2) is 5.66. The number of rotatable bonds is 4. The molecule has 1 N–H and O–H groups in total. The van der Waals surface area contributed by atoms with Gasteiger partial charge in [-0.15, -0.1) is 0 Å². The number of benzene rings is 1. The van der Waals surface area contributed by atoms with E-state index in [1.54, 1.807) is 13.3 Å². The first-order chi connectivity index (χ1) is 12.7. The second-order valence-electron chi connectivity index (χ2n) is 6.60. The molecule has 0 saturated heterocycles. The van der Waals surface area contributed by atoms with Crippen LogP contribution in [0.1, 0.15) is 30.9 Å². The van der Waals surface area contributed by atoms with Gasteiger partial charge in [0.25, 0.3) is 6.01 Å². The molecule has 132 valence electrons. The number of carbonyl (C=O) groups is 1. The molecule has 1 aliphatic rings. The molecule has 0 atom stereocenters. The standard InChI is InChI=1S/C19H17N5O2.H2/c1-26-19-23-15-7-4-8-20-18(15)24(19)12-9-11(10-12)16(25)17-21-13-5-2-3-6-14(13)22-17;/h2-8,11-12H,9-10H2,1H3,(H,21,22);1H. The molecule has 0 unspecified atom stereocenters. The molecule has 7 heteroatoms. The maximum atomic E-state index is 12.8. The molecule has 0 aliphatic heterocycles.